The molecule has 2 aliphatic carbocycles. The average molecular weight is 136 g/mol. The Morgan fingerprint density at radius 3 is 2.70 bits per heavy atom. The van der Waals surface area contributed by atoms with Crippen LogP contribution in [-0.4, -0.2) is 0 Å². The minimum atomic E-state index is 0.793. The van der Waals surface area contributed by atoms with Crippen molar-refractivity contribution in [1.29, 1.82) is 0 Å². The van der Waals surface area contributed by atoms with Gasteiger partial charge in [0.25, 0.3) is 0 Å². The molecule has 3 atom stereocenters. The predicted octanol–water partition coefficient (Wildman–Crippen LogP) is 3.00. The quantitative estimate of drug-likeness (QED) is 0.486. The Morgan fingerprint density at radius 2 is 2.40 bits per heavy atom. The van der Waals surface area contributed by atoms with Crippen LogP contribution in [0.4, 0.5) is 0 Å². The highest BCUT2D eigenvalue weighted by molar-refractivity contribution is 5.37. The van der Waals surface area contributed by atoms with Gasteiger partial charge in [-0.3, -0.25) is 0 Å². The van der Waals surface area contributed by atoms with Gasteiger partial charge in [0.1, 0.15) is 0 Å². The molecule has 2 rings (SSSR count). The van der Waals surface area contributed by atoms with Gasteiger partial charge in [0.2, 0.25) is 0 Å². The van der Waals surface area contributed by atoms with Crippen LogP contribution in [-0.2, 0) is 0 Å². The van der Waals surface area contributed by atoms with Crippen molar-refractivity contribution >= 4 is 0 Å². The zero-order chi connectivity index (χ0) is 7.35. The molecular formula is C10H16. The first-order chi connectivity index (χ1) is 4.76. The molecule has 0 heteroatoms. The molecule has 0 aromatic carbocycles. The standard InChI is InChI=1S/C10H16/c1-4-8-7(3)10(5-2)6-9(8)10/h4,7,9H,5-6H2,1-3H3. The van der Waals surface area contributed by atoms with Crippen LogP contribution in [0.5, 0.6) is 0 Å². The molecule has 0 spiro atoms. The van der Waals surface area contributed by atoms with E-state index in [9.17, 15) is 0 Å². The Hall–Kier alpha value is -0.260. The lowest BCUT2D eigenvalue weighted by Gasteiger charge is -2.36. The molecule has 0 radical (unpaired) electrons. The monoisotopic (exact) mass is 136 g/mol. The summed E-state index contributed by atoms with van der Waals surface area (Å²) < 4.78 is 0. The van der Waals surface area contributed by atoms with Gasteiger partial charge in [0, 0.05) is 0 Å². The molecule has 0 aromatic heterocycles. The van der Waals surface area contributed by atoms with E-state index in [1.54, 1.807) is 5.57 Å². The normalized spacial score (nSPS) is 54.1. The highest BCUT2D eigenvalue weighted by Crippen LogP contribution is 2.75. The van der Waals surface area contributed by atoms with E-state index in [4.69, 9.17) is 0 Å². The second-order valence-electron chi connectivity index (χ2n) is 3.85. The number of rotatable bonds is 1. The smallest absolute Gasteiger partial charge is 0.0132 e. The van der Waals surface area contributed by atoms with E-state index in [0.29, 0.717) is 0 Å². The Kier molecular flexibility index (Phi) is 1.07. The van der Waals surface area contributed by atoms with E-state index in [1.165, 1.54) is 12.8 Å². The van der Waals surface area contributed by atoms with Crippen molar-refractivity contribution in [2.24, 2.45) is 17.3 Å². The molecule has 2 aliphatic rings. The molecule has 2 fully saturated rings. The Balaban J connectivity index is 2.17. The topological polar surface area (TPSA) is 0 Å². The van der Waals surface area contributed by atoms with Gasteiger partial charge in [-0.05, 0) is 37.0 Å². The zero-order valence-corrected chi connectivity index (χ0v) is 7.15. The molecule has 0 heterocycles. The first-order valence-corrected chi connectivity index (χ1v) is 4.42. The van der Waals surface area contributed by atoms with E-state index in [1.807, 2.05) is 0 Å². The van der Waals surface area contributed by atoms with Crippen molar-refractivity contribution in [2.45, 2.75) is 33.6 Å². The van der Waals surface area contributed by atoms with Crippen LogP contribution in [0.25, 0.3) is 0 Å². The Bertz CT molecular complexity index is 190. The summed E-state index contributed by atoms with van der Waals surface area (Å²) in [6.45, 7) is 6.91. The van der Waals surface area contributed by atoms with E-state index >= 15 is 0 Å². The molecule has 0 nitrogen and oxygen atoms in total. The van der Waals surface area contributed by atoms with E-state index in [0.717, 1.165) is 17.3 Å². The van der Waals surface area contributed by atoms with Gasteiger partial charge in [0.05, 0.1) is 0 Å². The minimum Gasteiger partial charge on any atom is -0.0879 e. The van der Waals surface area contributed by atoms with Gasteiger partial charge in [-0.2, -0.15) is 0 Å². The third kappa shape index (κ3) is 0.457. The molecule has 0 bridgehead atoms. The molecule has 0 saturated heterocycles. The van der Waals surface area contributed by atoms with Crippen LogP contribution in [0.1, 0.15) is 33.6 Å². The van der Waals surface area contributed by atoms with Crippen LogP contribution < -0.4 is 0 Å². The molecule has 0 N–H and O–H groups in total. The molecule has 10 heavy (non-hydrogen) atoms. The predicted molar refractivity (Wildman–Crippen MR) is 43.8 cm³/mol. The summed E-state index contributed by atoms with van der Waals surface area (Å²) in [4.78, 5) is 0. The van der Waals surface area contributed by atoms with Crippen LogP contribution in [0.15, 0.2) is 11.6 Å². The molecule has 2 saturated carbocycles. The summed E-state index contributed by atoms with van der Waals surface area (Å²) in [5.41, 5.74) is 2.53. The summed E-state index contributed by atoms with van der Waals surface area (Å²) in [6.07, 6.45) is 5.22. The van der Waals surface area contributed by atoms with E-state index in [-0.39, 0.29) is 0 Å². The summed E-state index contributed by atoms with van der Waals surface area (Å²) >= 11 is 0. The zero-order valence-electron chi connectivity index (χ0n) is 7.15. The third-order valence-electron chi connectivity index (χ3n) is 3.87. The average Bonchev–Trinajstić information content (AvgIpc) is 2.60. The number of hydrogen-bond acceptors (Lipinski definition) is 0. The van der Waals surface area contributed by atoms with Gasteiger partial charge >= 0.3 is 0 Å². The highest BCUT2D eigenvalue weighted by Gasteiger charge is 2.67. The molecule has 0 aromatic rings. The van der Waals surface area contributed by atoms with Crippen LogP contribution in [0, 0.1) is 17.3 Å². The van der Waals surface area contributed by atoms with Crippen molar-refractivity contribution in [2.75, 3.05) is 0 Å². The van der Waals surface area contributed by atoms with Gasteiger partial charge in [-0.25, -0.2) is 0 Å². The second-order valence-corrected chi connectivity index (χ2v) is 3.85. The van der Waals surface area contributed by atoms with Crippen LogP contribution >= 0.6 is 0 Å². The van der Waals surface area contributed by atoms with Gasteiger partial charge in [-0.15, -0.1) is 0 Å². The summed E-state index contributed by atoms with van der Waals surface area (Å²) in [6, 6.07) is 0. The SMILES string of the molecule is CC=C1C(C)C2(CC)CC12. The fourth-order valence-corrected chi connectivity index (χ4v) is 2.94. The number of allylic oxidation sites excluding steroid dienone is 2. The molecular weight excluding hydrogens is 120 g/mol. The molecule has 0 aliphatic heterocycles. The summed E-state index contributed by atoms with van der Waals surface area (Å²) in [5.74, 6) is 1.92. The second kappa shape index (κ2) is 1.66. The fourth-order valence-electron chi connectivity index (χ4n) is 2.94. The highest BCUT2D eigenvalue weighted by atomic mass is 14.7. The van der Waals surface area contributed by atoms with Gasteiger partial charge < -0.3 is 0 Å². The first-order valence-electron chi connectivity index (χ1n) is 4.42. The van der Waals surface area contributed by atoms with Crippen molar-refractivity contribution in [3.63, 3.8) is 0 Å². The van der Waals surface area contributed by atoms with Crippen LogP contribution in [0.3, 0.4) is 0 Å². The maximum Gasteiger partial charge on any atom is -0.0132 e. The number of fused-ring (bicyclic) bond motifs is 1. The molecule has 56 valence electrons. The lowest BCUT2D eigenvalue weighted by atomic mass is 9.68. The van der Waals surface area contributed by atoms with Gasteiger partial charge in [-0.1, -0.05) is 25.5 Å². The maximum atomic E-state index is 2.39. The first kappa shape index (κ1) is 6.45. The lowest BCUT2D eigenvalue weighted by molar-refractivity contribution is 0.258. The molecule has 0 amide bonds. The summed E-state index contributed by atoms with van der Waals surface area (Å²) in [5, 5.41) is 0. The van der Waals surface area contributed by atoms with Crippen molar-refractivity contribution < 1.29 is 0 Å². The van der Waals surface area contributed by atoms with E-state index in [2.05, 4.69) is 26.8 Å². The third-order valence-corrected chi connectivity index (χ3v) is 3.87. The maximum absolute atomic E-state index is 2.39. The van der Waals surface area contributed by atoms with Crippen molar-refractivity contribution in [3.05, 3.63) is 11.6 Å². The fraction of sp³-hybridized carbons (Fsp3) is 0.800. The summed E-state index contributed by atoms with van der Waals surface area (Å²) in [7, 11) is 0. The Morgan fingerprint density at radius 1 is 1.70 bits per heavy atom. The number of hydrogen-bond donors (Lipinski definition) is 0. The minimum absolute atomic E-state index is 0.793. The van der Waals surface area contributed by atoms with Gasteiger partial charge in [0.15, 0.2) is 0 Å². The van der Waals surface area contributed by atoms with Crippen molar-refractivity contribution in [1.82, 2.24) is 0 Å². The van der Waals surface area contributed by atoms with E-state index < -0.39 is 0 Å². The van der Waals surface area contributed by atoms with Crippen LogP contribution in [0.2, 0.25) is 0 Å². The van der Waals surface area contributed by atoms with Crippen molar-refractivity contribution in [3.8, 4) is 0 Å². The Labute approximate surface area is 63.3 Å². The largest absolute Gasteiger partial charge is 0.0879 e. The lowest BCUT2D eigenvalue weighted by Crippen LogP contribution is -2.28. The molecule has 3 unspecified atom stereocenters.